The standard InChI is InChI=1S/C14H10FNO2/c15-12-6-1-2-7-14(12)18-11-5-3-4-10(8-11)13(17)9-16/h1-9,16H. The molecule has 0 heterocycles. The Hall–Kier alpha value is -2.49. The zero-order valence-electron chi connectivity index (χ0n) is 9.39. The molecule has 0 aromatic heterocycles. The maximum atomic E-state index is 13.4. The number of nitrogens with one attached hydrogen (secondary N) is 1. The number of carbonyl (C=O) groups excluding carboxylic acids is 1. The number of hydrogen-bond donors (Lipinski definition) is 1. The van der Waals surface area contributed by atoms with Gasteiger partial charge in [-0.3, -0.25) is 4.79 Å². The van der Waals surface area contributed by atoms with Crippen LogP contribution in [0.3, 0.4) is 0 Å². The quantitative estimate of drug-likeness (QED) is 0.660. The van der Waals surface area contributed by atoms with Gasteiger partial charge in [-0.15, -0.1) is 0 Å². The van der Waals surface area contributed by atoms with Crippen LogP contribution in [0.2, 0.25) is 0 Å². The highest BCUT2D eigenvalue weighted by Gasteiger charge is 2.06. The third-order valence-corrected chi connectivity index (χ3v) is 2.31. The maximum Gasteiger partial charge on any atom is 0.203 e. The molecule has 4 heteroatoms. The highest BCUT2D eigenvalue weighted by Crippen LogP contribution is 2.24. The Morgan fingerprint density at radius 2 is 1.94 bits per heavy atom. The van der Waals surface area contributed by atoms with Crippen molar-refractivity contribution in [3.05, 3.63) is 59.9 Å². The Morgan fingerprint density at radius 1 is 1.17 bits per heavy atom. The smallest absolute Gasteiger partial charge is 0.203 e. The fourth-order valence-corrected chi connectivity index (χ4v) is 1.45. The number of ether oxygens (including phenoxy) is 1. The van der Waals surface area contributed by atoms with Gasteiger partial charge in [0.2, 0.25) is 5.78 Å². The van der Waals surface area contributed by atoms with Crippen molar-refractivity contribution in [2.75, 3.05) is 0 Å². The first-order valence-electron chi connectivity index (χ1n) is 5.28. The fourth-order valence-electron chi connectivity index (χ4n) is 1.45. The highest BCUT2D eigenvalue weighted by atomic mass is 19.1. The molecular weight excluding hydrogens is 233 g/mol. The minimum Gasteiger partial charge on any atom is -0.454 e. The largest absolute Gasteiger partial charge is 0.454 e. The van der Waals surface area contributed by atoms with Crippen LogP contribution >= 0.6 is 0 Å². The monoisotopic (exact) mass is 243 g/mol. The lowest BCUT2D eigenvalue weighted by molar-refractivity contribution is 0.107. The number of benzene rings is 2. The van der Waals surface area contributed by atoms with Gasteiger partial charge in [-0.05, 0) is 24.3 Å². The minimum absolute atomic E-state index is 0.0944. The van der Waals surface area contributed by atoms with Gasteiger partial charge in [-0.25, -0.2) is 4.39 Å². The number of hydrogen-bond acceptors (Lipinski definition) is 3. The second-order valence-corrected chi connectivity index (χ2v) is 3.57. The Balaban J connectivity index is 2.27. The number of carbonyl (C=O) groups is 1. The van der Waals surface area contributed by atoms with Crippen LogP contribution in [0, 0.1) is 11.2 Å². The molecule has 0 aliphatic heterocycles. The van der Waals surface area contributed by atoms with Crippen LogP contribution in [-0.2, 0) is 0 Å². The summed E-state index contributed by atoms with van der Waals surface area (Å²) < 4.78 is 18.7. The fraction of sp³-hybridized carbons (Fsp3) is 0. The summed E-state index contributed by atoms with van der Waals surface area (Å²) in [7, 11) is 0. The molecule has 0 bridgehead atoms. The molecule has 0 atom stereocenters. The van der Waals surface area contributed by atoms with Gasteiger partial charge >= 0.3 is 0 Å². The lowest BCUT2D eigenvalue weighted by atomic mass is 10.1. The molecule has 2 aromatic carbocycles. The number of rotatable bonds is 4. The second-order valence-electron chi connectivity index (χ2n) is 3.57. The lowest BCUT2D eigenvalue weighted by Gasteiger charge is -2.07. The first kappa shape index (κ1) is 12.0. The third-order valence-electron chi connectivity index (χ3n) is 2.31. The zero-order valence-corrected chi connectivity index (χ0v) is 9.39. The van der Waals surface area contributed by atoms with Crippen molar-refractivity contribution in [2.24, 2.45) is 0 Å². The minimum atomic E-state index is -0.471. The molecule has 0 aliphatic carbocycles. The van der Waals surface area contributed by atoms with Crippen molar-refractivity contribution < 1.29 is 13.9 Å². The molecular formula is C14H10FNO2. The van der Waals surface area contributed by atoms with Crippen molar-refractivity contribution in [1.29, 1.82) is 5.41 Å². The van der Waals surface area contributed by atoms with Crippen LogP contribution in [0.1, 0.15) is 10.4 Å². The van der Waals surface area contributed by atoms with E-state index in [0.29, 0.717) is 11.3 Å². The predicted octanol–water partition coefficient (Wildman–Crippen LogP) is 3.45. The van der Waals surface area contributed by atoms with Crippen LogP contribution in [0.4, 0.5) is 4.39 Å². The zero-order chi connectivity index (χ0) is 13.0. The predicted molar refractivity (Wildman–Crippen MR) is 66.0 cm³/mol. The van der Waals surface area contributed by atoms with Crippen molar-refractivity contribution in [3.8, 4) is 11.5 Å². The van der Waals surface area contributed by atoms with Crippen molar-refractivity contribution >= 4 is 12.0 Å². The molecule has 0 unspecified atom stereocenters. The molecule has 0 fully saturated rings. The molecule has 1 N–H and O–H groups in total. The maximum absolute atomic E-state index is 13.4. The van der Waals surface area contributed by atoms with E-state index in [9.17, 15) is 9.18 Å². The summed E-state index contributed by atoms with van der Waals surface area (Å²) in [5.41, 5.74) is 0.332. The Labute approximate surface area is 103 Å². The van der Waals surface area contributed by atoms with Gasteiger partial charge in [0.1, 0.15) is 5.75 Å². The average molecular weight is 243 g/mol. The van der Waals surface area contributed by atoms with Crippen molar-refractivity contribution in [3.63, 3.8) is 0 Å². The molecule has 0 saturated heterocycles. The van der Waals surface area contributed by atoms with Gasteiger partial charge in [0.15, 0.2) is 11.6 Å². The number of Topliss-reactive ketones (excluding diaryl/α,β-unsaturated/α-hetero) is 1. The number of ketones is 1. The highest BCUT2D eigenvalue weighted by molar-refractivity contribution is 6.34. The van der Waals surface area contributed by atoms with Gasteiger partial charge in [-0.1, -0.05) is 24.3 Å². The van der Waals surface area contributed by atoms with E-state index in [0.717, 1.165) is 6.21 Å². The molecule has 90 valence electrons. The van der Waals surface area contributed by atoms with Crippen LogP contribution in [-0.4, -0.2) is 12.0 Å². The van der Waals surface area contributed by atoms with E-state index in [1.165, 1.54) is 18.2 Å². The molecule has 2 rings (SSSR count). The summed E-state index contributed by atoms with van der Waals surface area (Å²) >= 11 is 0. The molecule has 0 saturated carbocycles. The van der Waals surface area contributed by atoms with Gasteiger partial charge in [-0.2, -0.15) is 0 Å². The average Bonchev–Trinajstić information content (AvgIpc) is 2.41. The van der Waals surface area contributed by atoms with E-state index < -0.39 is 11.6 Å². The van der Waals surface area contributed by atoms with Gasteiger partial charge in [0.05, 0.1) is 6.21 Å². The van der Waals surface area contributed by atoms with E-state index in [1.807, 2.05) is 0 Å². The number of para-hydroxylation sites is 1. The van der Waals surface area contributed by atoms with E-state index in [2.05, 4.69) is 0 Å². The van der Waals surface area contributed by atoms with Gasteiger partial charge < -0.3 is 10.1 Å². The summed E-state index contributed by atoms with van der Waals surface area (Å²) in [5.74, 6) is -0.444. The summed E-state index contributed by atoms with van der Waals surface area (Å²) in [6.45, 7) is 0. The van der Waals surface area contributed by atoms with E-state index >= 15 is 0 Å². The first-order valence-corrected chi connectivity index (χ1v) is 5.28. The van der Waals surface area contributed by atoms with Gasteiger partial charge in [0, 0.05) is 5.56 Å². The molecule has 0 aliphatic rings. The van der Waals surface area contributed by atoms with E-state index in [1.54, 1.807) is 30.3 Å². The molecule has 0 radical (unpaired) electrons. The topological polar surface area (TPSA) is 50.2 Å². The Kier molecular flexibility index (Phi) is 3.48. The Morgan fingerprint density at radius 3 is 2.67 bits per heavy atom. The van der Waals surface area contributed by atoms with Crippen molar-refractivity contribution in [2.45, 2.75) is 0 Å². The molecule has 18 heavy (non-hydrogen) atoms. The van der Waals surface area contributed by atoms with E-state index in [-0.39, 0.29) is 5.75 Å². The first-order chi connectivity index (χ1) is 8.70. The van der Waals surface area contributed by atoms with Crippen LogP contribution in [0.25, 0.3) is 0 Å². The van der Waals surface area contributed by atoms with Crippen LogP contribution in [0.15, 0.2) is 48.5 Å². The van der Waals surface area contributed by atoms with Crippen LogP contribution < -0.4 is 4.74 Å². The summed E-state index contributed by atoms with van der Waals surface area (Å²) in [5, 5.41) is 6.90. The number of halogens is 1. The van der Waals surface area contributed by atoms with E-state index in [4.69, 9.17) is 10.1 Å². The lowest BCUT2D eigenvalue weighted by Crippen LogP contribution is -1.99. The molecule has 0 spiro atoms. The molecule has 3 nitrogen and oxygen atoms in total. The van der Waals surface area contributed by atoms with Crippen LogP contribution in [0.5, 0.6) is 11.5 Å². The second kappa shape index (κ2) is 5.23. The third kappa shape index (κ3) is 2.60. The molecule has 0 amide bonds. The summed E-state index contributed by atoms with van der Waals surface area (Å²) in [6, 6.07) is 12.3. The van der Waals surface area contributed by atoms with Crippen molar-refractivity contribution in [1.82, 2.24) is 0 Å². The normalized spacial score (nSPS) is 9.83. The summed E-state index contributed by atoms with van der Waals surface area (Å²) in [4.78, 5) is 11.3. The molecule has 2 aromatic rings. The SMILES string of the molecule is N=CC(=O)c1cccc(Oc2ccccc2F)c1. The summed E-state index contributed by atoms with van der Waals surface area (Å²) in [6.07, 6.45) is 0.724. The Bertz CT molecular complexity index is 596. The van der Waals surface area contributed by atoms with Gasteiger partial charge in [0.25, 0.3) is 0 Å².